The van der Waals surface area contributed by atoms with Gasteiger partial charge in [-0.25, -0.2) is 8.42 Å². The summed E-state index contributed by atoms with van der Waals surface area (Å²) in [5.74, 6) is -0.491. The zero-order valence-corrected chi connectivity index (χ0v) is 20.7. The highest BCUT2D eigenvalue weighted by Crippen LogP contribution is 2.26. The topological polar surface area (TPSA) is 88.5 Å². The number of carbonyl (C=O) groups is 1. The predicted octanol–water partition coefficient (Wildman–Crippen LogP) is 4.79. The van der Waals surface area contributed by atoms with Crippen LogP contribution in [0.15, 0.2) is 82.5 Å². The molecular formula is C25H25N3O4S2. The lowest BCUT2D eigenvalue weighted by atomic mass is 10.2. The predicted molar refractivity (Wildman–Crippen MR) is 137 cm³/mol. The number of fused-ring (bicyclic) bond motifs is 1. The van der Waals surface area contributed by atoms with E-state index in [2.05, 4.69) is 5.32 Å². The quantitative estimate of drug-likeness (QED) is 0.399. The number of hydrogen-bond acceptors (Lipinski definition) is 5. The molecule has 0 atom stereocenters. The van der Waals surface area contributed by atoms with Gasteiger partial charge in [-0.3, -0.25) is 18.5 Å². The van der Waals surface area contributed by atoms with Crippen molar-refractivity contribution in [1.29, 1.82) is 0 Å². The first kappa shape index (κ1) is 23.7. The number of benzene rings is 3. The molecule has 0 radical (unpaired) electrons. The van der Waals surface area contributed by atoms with Gasteiger partial charge in [-0.1, -0.05) is 47.2 Å². The van der Waals surface area contributed by atoms with Crippen molar-refractivity contribution in [2.45, 2.75) is 31.7 Å². The van der Waals surface area contributed by atoms with Crippen LogP contribution in [0, 0.1) is 6.92 Å². The third kappa shape index (κ3) is 4.76. The van der Waals surface area contributed by atoms with Gasteiger partial charge in [0.1, 0.15) is 6.54 Å². The number of anilines is 2. The second-order valence-corrected chi connectivity index (χ2v) is 11.1. The lowest BCUT2D eigenvalue weighted by molar-refractivity contribution is -0.114. The van der Waals surface area contributed by atoms with E-state index in [1.807, 2.05) is 20.8 Å². The van der Waals surface area contributed by atoms with E-state index in [-0.39, 0.29) is 15.8 Å². The maximum atomic E-state index is 13.4. The van der Waals surface area contributed by atoms with Crippen LogP contribution in [-0.2, 0) is 14.8 Å². The third-order valence-electron chi connectivity index (χ3n) is 5.35. The molecule has 1 amide bonds. The number of aryl methyl sites for hydroxylation is 1. The number of amides is 1. The van der Waals surface area contributed by atoms with Crippen molar-refractivity contribution in [3.05, 3.63) is 88.0 Å². The molecule has 1 heterocycles. The molecule has 4 aromatic rings. The number of hydrogen-bond donors (Lipinski definition) is 1. The van der Waals surface area contributed by atoms with Gasteiger partial charge in [-0.05, 0) is 63.2 Å². The maximum Gasteiger partial charge on any atom is 0.308 e. The van der Waals surface area contributed by atoms with Crippen LogP contribution in [0.3, 0.4) is 0 Å². The van der Waals surface area contributed by atoms with E-state index in [9.17, 15) is 18.0 Å². The van der Waals surface area contributed by atoms with Gasteiger partial charge in [0.2, 0.25) is 5.91 Å². The van der Waals surface area contributed by atoms with E-state index in [4.69, 9.17) is 0 Å². The van der Waals surface area contributed by atoms with Crippen molar-refractivity contribution in [2.24, 2.45) is 0 Å². The zero-order valence-electron chi connectivity index (χ0n) is 19.1. The van der Waals surface area contributed by atoms with E-state index in [0.29, 0.717) is 11.4 Å². The molecule has 176 valence electrons. The highest BCUT2D eigenvalue weighted by atomic mass is 32.2. The van der Waals surface area contributed by atoms with E-state index in [0.717, 1.165) is 31.4 Å². The van der Waals surface area contributed by atoms with Crippen LogP contribution in [0.1, 0.15) is 25.5 Å². The SMILES string of the molecule is Cc1ccc(S(=O)(=O)N(CC(=O)Nc2ccc3c(c2)sc(=O)n3C(C)C)c2ccccc2)cc1. The Morgan fingerprint density at radius 3 is 2.35 bits per heavy atom. The van der Waals surface area contributed by atoms with Gasteiger partial charge in [0.05, 0.1) is 20.8 Å². The molecule has 9 heteroatoms. The molecule has 0 fully saturated rings. The normalized spacial score (nSPS) is 11.6. The summed E-state index contributed by atoms with van der Waals surface area (Å²) in [4.78, 5) is 25.3. The summed E-state index contributed by atoms with van der Waals surface area (Å²) in [7, 11) is -3.97. The summed E-state index contributed by atoms with van der Waals surface area (Å²) in [6, 6.07) is 20.3. The van der Waals surface area contributed by atoms with E-state index in [1.54, 1.807) is 65.2 Å². The first-order valence-electron chi connectivity index (χ1n) is 10.8. The minimum atomic E-state index is -3.97. The molecule has 7 nitrogen and oxygen atoms in total. The van der Waals surface area contributed by atoms with Gasteiger partial charge >= 0.3 is 4.87 Å². The summed E-state index contributed by atoms with van der Waals surface area (Å²) in [5.41, 5.74) is 2.62. The van der Waals surface area contributed by atoms with Crippen LogP contribution >= 0.6 is 11.3 Å². The Labute approximate surface area is 202 Å². The van der Waals surface area contributed by atoms with Crippen molar-refractivity contribution >= 4 is 48.9 Å². The summed E-state index contributed by atoms with van der Waals surface area (Å²) in [5, 5.41) is 2.78. The fraction of sp³-hybridized carbons (Fsp3) is 0.200. The van der Waals surface area contributed by atoms with Gasteiger partial charge in [0, 0.05) is 11.7 Å². The zero-order chi connectivity index (χ0) is 24.5. The van der Waals surface area contributed by atoms with Crippen molar-refractivity contribution in [2.75, 3.05) is 16.2 Å². The van der Waals surface area contributed by atoms with E-state index >= 15 is 0 Å². The molecule has 0 saturated carbocycles. The third-order valence-corrected chi connectivity index (χ3v) is 8.06. The van der Waals surface area contributed by atoms with Crippen LogP contribution in [0.4, 0.5) is 11.4 Å². The summed E-state index contributed by atoms with van der Waals surface area (Å²) in [6.07, 6.45) is 0. The Kier molecular flexibility index (Phi) is 6.58. The van der Waals surface area contributed by atoms with Crippen LogP contribution in [0.25, 0.3) is 10.2 Å². The monoisotopic (exact) mass is 495 g/mol. The molecule has 0 aliphatic carbocycles. The Balaban J connectivity index is 1.63. The molecule has 1 aromatic heterocycles. The molecule has 4 rings (SSSR count). The summed E-state index contributed by atoms with van der Waals surface area (Å²) in [6.45, 7) is 5.36. The van der Waals surface area contributed by atoms with E-state index < -0.39 is 22.5 Å². The van der Waals surface area contributed by atoms with Crippen molar-refractivity contribution in [3.8, 4) is 0 Å². The molecule has 0 unspecified atom stereocenters. The molecule has 0 aliphatic rings. The number of thiazole rings is 1. The van der Waals surface area contributed by atoms with E-state index in [1.165, 1.54) is 12.1 Å². The summed E-state index contributed by atoms with van der Waals surface area (Å²) < 4.78 is 30.4. The van der Waals surface area contributed by atoms with Crippen molar-refractivity contribution < 1.29 is 13.2 Å². The number of rotatable bonds is 7. The van der Waals surface area contributed by atoms with Gasteiger partial charge < -0.3 is 5.32 Å². The molecule has 0 spiro atoms. The Hall–Kier alpha value is -3.43. The smallest absolute Gasteiger partial charge is 0.308 e. The molecule has 0 bridgehead atoms. The minimum Gasteiger partial charge on any atom is -0.324 e. The van der Waals surface area contributed by atoms with Crippen molar-refractivity contribution in [3.63, 3.8) is 0 Å². The number of sulfonamides is 1. The Morgan fingerprint density at radius 1 is 1.03 bits per heavy atom. The molecule has 0 saturated heterocycles. The number of nitrogens with one attached hydrogen (secondary N) is 1. The number of aromatic nitrogens is 1. The highest BCUT2D eigenvalue weighted by molar-refractivity contribution is 7.92. The standard InChI is InChI=1S/C25H25N3O4S2/c1-17(2)28-22-14-11-19(15-23(22)33-25(28)30)26-24(29)16-27(20-7-5-4-6-8-20)34(31,32)21-12-9-18(3)10-13-21/h4-15,17H,16H2,1-3H3,(H,26,29). The minimum absolute atomic E-state index is 0.0214. The number of carbonyl (C=O) groups excluding carboxylic acids is 1. The van der Waals surface area contributed by atoms with Gasteiger partial charge in [-0.2, -0.15) is 0 Å². The molecule has 1 N–H and O–H groups in total. The van der Waals surface area contributed by atoms with Crippen LogP contribution in [0.2, 0.25) is 0 Å². The Morgan fingerprint density at radius 2 is 1.71 bits per heavy atom. The van der Waals surface area contributed by atoms with Gasteiger partial charge in [0.25, 0.3) is 10.0 Å². The average Bonchev–Trinajstić information content (AvgIpc) is 3.13. The number of para-hydroxylation sites is 1. The summed E-state index contributed by atoms with van der Waals surface area (Å²) >= 11 is 1.11. The molecule has 3 aromatic carbocycles. The van der Waals surface area contributed by atoms with Crippen LogP contribution in [-0.4, -0.2) is 25.4 Å². The average molecular weight is 496 g/mol. The highest BCUT2D eigenvalue weighted by Gasteiger charge is 2.27. The van der Waals surface area contributed by atoms with Gasteiger partial charge in [-0.15, -0.1) is 0 Å². The number of nitrogens with zero attached hydrogens (tertiary/aromatic N) is 2. The first-order valence-corrected chi connectivity index (χ1v) is 13.0. The second kappa shape index (κ2) is 9.44. The van der Waals surface area contributed by atoms with Crippen LogP contribution in [0.5, 0.6) is 0 Å². The lowest BCUT2D eigenvalue weighted by Gasteiger charge is -2.24. The molecular weight excluding hydrogens is 470 g/mol. The molecule has 34 heavy (non-hydrogen) atoms. The van der Waals surface area contributed by atoms with Gasteiger partial charge in [0.15, 0.2) is 0 Å². The van der Waals surface area contributed by atoms with Crippen molar-refractivity contribution in [1.82, 2.24) is 4.57 Å². The second-order valence-electron chi connectivity index (χ2n) is 8.22. The lowest BCUT2D eigenvalue weighted by Crippen LogP contribution is -2.38. The fourth-order valence-corrected chi connectivity index (χ4v) is 6.15. The first-order chi connectivity index (χ1) is 16.2. The largest absolute Gasteiger partial charge is 0.324 e. The fourth-order valence-electron chi connectivity index (χ4n) is 3.68. The Bertz CT molecular complexity index is 1490. The molecule has 0 aliphatic heterocycles. The van der Waals surface area contributed by atoms with Crippen LogP contribution < -0.4 is 14.5 Å². The maximum absolute atomic E-state index is 13.4.